The van der Waals surface area contributed by atoms with Gasteiger partial charge in [-0.1, -0.05) is 13.0 Å². The molecule has 0 spiro atoms. The van der Waals surface area contributed by atoms with Gasteiger partial charge < -0.3 is 10.2 Å². The van der Waals surface area contributed by atoms with Gasteiger partial charge in [-0.05, 0) is 52.0 Å². The average molecular weight is 308 g/mol. The quantitative estimate of drug-likeness (QED) is 0.917. The van der Waals surface area contributed by atoms with Crippen molar-refractivity contribution in [2.45, 2.75) is 77.5 Å². The first-order chi connectivity index (χ1) is 9.72. The van der Waals surface area contributed by atoms with Crippen LogP contribution in [0.15, 0.2) is 17.5 Å². The number of thiophene rings is 1. The smallest absolute Gasteiger partial charge is 0.222 e. The maximum Gasteiger partial charge on any atom is 0.222 e. The summed E-state index contributed by atoms with van der Waals surface area (Å²) in [6.07, 6.45) is 2.59. The van der Waals surface area contributed by atoms with E-state index in [2.05, 4.69) is 55.4 Å². The van der Waals surface area contributed by atoms with Gasteiger partial charge in [-0.2, -0.15) is 0 Å². The molecule has 1 saturated heterocycles. The van der Waals surface area contributed by atoms with Crippen LogP contribution in [-0.4, -0.2) is 27.9 Å². The average Bonchev–Trinajstić information content (AvgIpc) is 2.84. The van der Waals surface area contributed by atoms with Gasteiger partial charge in [-0.15, -0.1) is 11.3 Å². The molecule has 1 aliphatic heterocycles. The molecule has 0 unspecified atom stereocenters. The number of rotatable bonds is 4. The summed E-state index contributed by atoms with van der Waals surface area (Å²) in [6.45, 7) is 11.7. The summed E-state index contributed by atoms with van der Waals surface area (Å²) in [7, 11) is 0. The van der Waals surface area contributed by atoms with E-state index in [0.29, 0.717) is 12.5 Å². The van der Waals surface area contributed by atoms with Gasteiger partial charge in [-0.25, -0.2) is 0 Å². The number of carbonyl (C=O) groups is 1. The van der Waals surface area contributed by atoms with Gasteiger partial charge in [-0.3, -0.25) is 4.79 Å². The van der Waals surface area contributed by atoms with Crippen LogP contribution in [-0.2, 0) is 11.3 Å². The summed E-state index contributed by atoms with van der Waals surface area (Å²) in [5.41, 5.74) is 0.127. The predicted molar refractivity (Wildman–Crippen MR) is 89.5 cm³/mol. The Hall–Kier alpha value is -0.870. The first-order valence-corrected chi connectivity index (χ1v) is 8.71. The minimum Gasteiger partial charge on any atom is -0.334 e. The van der Waals surface area contributed by atoms with Crippen LogP contribution in [0.2, 0.25) is 0 Å². The molecule has 0 bridgehead atoms. The Kier molecular flexibility index (Phi) is 4.79. The van der Waals surface area contributed by atoms with Gasteiger partial charge in [0, 0.05) is 28.4 Å². The van der Waals surface area contributed by atoms with Crippen molar-refractivity contribution in [3.8, 4) is 0 Å². The van der Waals surface area contributed by atoms with Crippen LogP contribution < -0.4 is 5.32 Å². The lowest BCUT2D eigenvalue weighted by atomic mass is 9.79. The summed E-state index contributed by atoms with van der Waals surface area (Å²) in [5, 5.41) is 5.78. The Balaban J connectivity index is 2.21. The van der Waals surface area contributed by atoms with Crippen LogP contribution in [0.25, 0.3) is 0 Å². The zero-order valence-corrected chi connectivity index (χ0v) is 14.7. The van der Waals surface area contributed by atoms with Crippen molar-refractivity contribution in [2.75, 3.05) is 0 Å². The highest BCUT2D eigenvalue weighted by Crippen LogP contribution is 2.33. The van der Waals surface area contributed by atoms with Crippen molar-refractivity contribution in [1.29, 1.82) is 0 Å². The highest BCUT2D eigenvalue weighted by molar-refractivity contribution is 7.09. The van der Waals surface area contributed by atoms with E-state index in [9.17, 15) is 4.79 Å². The molecule has 0 aliphatic carbocycles. The summed E-state index contributed by atoms with van der Waals surface area (Å²) >= 11 is 1.73. The van der Waals surface area contributed by atoms with Crippen molar-refractivity contribution < 1.29 is 4.79 Å². The standard InChI is InChI=1S/C17H28N2OS/c1-6-15(20)19(12-14-8-7-9-21-14)13-10-16(2,3)18-17(4,5)11-13/h7-9,13,18H,6,10-12H2,1-5H3. The number of nitrogens with zero attached hydrogens (tertiary/aromatic N) is 1. The van der Waals surface area contributed by atoms with E-state index in [1.807, 2.05) is 6.92 Å². The van der Waals surface area contributed by atoms with E-state index < -0.39 is 0 Å². The molecule has 2 rings (SSSR count). The van der Waals surface area contributed by atoms with Gasteiger partial charge >= 0.3 is 0 Å². The molecule has 2 heterocycles. The lowest BCUT2D eigenvalue weighted by Crippen LogP contribution is -2.62. The van der Waals surface area contributed by atoms with Gasteiger partial charge in [0.05, 0.1) is 6.54 Å². The zero-order chi connectivity index (χ0) is 15.7. The number of piperidine rings is 1. The Morgan fingerprint density at radius 1 is 1.33 bits per heavy atom. The summed E-state index contributed by atoms with van der Waals surface area (Å²) in [6, 6.07) is 4.49. The molecule has 118 valence electrons. The van der Waals surface area contributed by atoms with E-state index >= 15 is 0 Å². The van der Waals surface area contributed by atoms with Crippen LogP contribution in [0, 0.1) is 0 Å². The van der Waals surface area contributed by atoms with Gasteiger partial charge in [0.15, 0.2) is 0 Å². The van der Waals surface area contributed by atoms with Crippen molar-refractivity contribution in [3.05, 3.63) is 22.4 Å². The molecule has 1 aromatic heterocycles. The zero-order valence-electron chi connectivity index (χ0n) is 13.9. The van der Waals surface area contributed by atoms with Crippen LogP contribution >= 0.6 is 11.3 Å². The van der Waals surface area contributed by atoms with Gasteiger partial charge in [0.2, 0.25) is 5.91 Å². The maximum absolute atomic E-state index is 12.5. The van der Waals surface area contributed by atoms with E-state index in [0.717, 1.165) is 19.4 Å². The van der Waals surface area contributed by atoms with Crippen molar-refractivity contribution >= 4 is 17.2 Å². The Bertz CT molecular complexity index is 463. The number of hydrogen-bond donors (Lipinski definition) is 1. The molecular formula is C17H28N2OS. The van der Waals surface area contributed by atoms with Crippen molar-refractivity contribution in [3.63, 3.8) is 0 Å². The van der Waals surface area contributed by atoms with E-state index in [1.54, 1.807) is 11.3 Å². The number of carbonyl (C=O) groups excluding carboxylic acids is 1. The van der Waals surface area contributed by atoms with Crippen LogP contribution in [0.5, 0.6) is 0 Å². The fourth-order valence-corrected chi connectivity index (χ4v) is 4.39. The molecule has 0 saturated carbocycles. The topological polar surface area (TPSA) is 32.3 Å². The first kappa shape index (κ1) is 16.5. The second kappa shape index (κ2) is 6.09. The van der Waals surface area contributed by atoms with E-state index in [1.165, 1.54) is 4.88 Å². The fraction of sp³-hybridized carbons (Fsp3) is 0.706. The third kappa shape index (κ3) is 4.30. The van der Waals surface area contributed by atoms with Crippen molar-refractivity contribution in [1.82, 2.24) is 10.2 Å². The molecule has 1 amide bonds. The number of hydrogen-bond acceptors (Lipinski definition) is 3. The molecule has 21 heavy (non-hydrogen) atoms. The Morgan fingerprint density at radius 3 is 2.43 bits per heavy atom. The molecule has 1 aromatic rings. The summed E-state index contributed by atoms with van der Waals surface area (Å²) < 4.78 is 0. The Labute approximate surface area is 132 Å². The molecular weight excluding hydrogens is 280 g/mol. The molecule has 1 aliphatic rings. The lowest BCUT2D eigenvalue weighted by Gasteiger charge is -2.49. The third-order valence-corrected chi connectivity index (χ3v) is 5.00. The lowest BCUT2D eigenvalue weighted by molar-refractivity contribution is -0.135. The molecule has 3 nitrogen and oxygen atoms in total. The molecule has 1 N–H and O–H groups in total. The minimum absolute atomic E-state index is 0.0636. The summed E-state index contributed by atoms with van der Waals surface area (Å²) in [5.74, 6) is 0.266. The van der Waals surface area contributed by atoms with E-state index in [-0.39, 0.29) is 17.0 Å². The van der Waals surface area contributed by atoms with Crippen LogP contribution in [0.1, 0.15) is 58.8 Å². The van der Waals surface area contributed by atoms with Gasteiger partial charge in [0.25, 0.3) is 0 Å². The third-order valence-electron chi connectivity index (χ3n) is 4.14. The SMILES string of the molecule is CCC(=O)N(Cc1cccs1)C1CC(C)(C)NC(C)(C)C1. The normalized spacial score (nSPS) is 21.2. The summed E-state index contributed by atoms with van der Waals surface area (Å²) in [4.78, 5) is 15.8. The van der Waals surface area contributed by atoms with Gasteiger partial charge in [0.1, 0.15) is 0 Å². The maximum atomic E-state index is 12.5. The van der Waals surface area contributed by atoms with E-state index in [4.69, 9.17) is 0 Å². The molecule has 1 fully saturated rings. The minimum atomic E-state index is 0.0636. The second-order valence-electron chi connectivity index (χ2n) is 7.41. The monoisotopic (exact) mass is 308 g/mol. The first-order valence-electron chi connectivity index (χ1n) is 7.84. The fourth-order valence-electron chi connectivity index (χ4n) is 3.68. The molecule has 0 atom stereocenters. The Morgan fingerprint density at radius 2 is 1.95 bits per heavy atom. The molecule has 0 radical (unpaired) electrons. The van der Waals surface area contributed by atoms with Crippen LogP contribution in [0.4, 0.5) is 0 Å². The largest absolute Gasteiger partial charge is 0.334 e. The van der Waals surface area contributed by atoms with Crippen LogP contribution in [0.3, 0.4) is 0 Å². The second-order valence-corrected chi connectivity index (χ2v) is 8.44. The molecule has 0 aromatic carbocycles. The van der Waals surface area contributed by atoms with Crippen molar-refractivity contribution in [2.24, 2.45) is 0 Å². The predicted octanol–water partition coefficient (Wildman–Crippen LogP) is 3.80. The number of amides is 1. The molecule has 4 heteroatoms. The highest BCUT2D eigenvalue weighted by atomic mass is 32.1. The number of nitrogens with one attached hydrogen (secondary N) is 1. The highest BCUT2D eigenvalue weighted by Gasteiger charge is 2.40.